The molecule has 2 aromatic rings. The van der Waals surface area contributed by atoms with E-state index in [-0.39, 0.29) is 6.61 Å². The maximum Gasteiger partial charge on any atom is 0.331 e. The van der Waals surface area contributed by atoms with Crippen LogP contribution in [0.5, 0.6) is 17.2 Å². The van der Waals surface area contributed by atoms with Gasteiger partial charge in [0.15, 0.2) is 11.5 Å². The molecule has 0 unspecified atom stereocenters. The predicted molar refractivity (Wildman–Crippen MR) is 96.1 cm³/mol. The van der Waals surface area contributed by atoms with Gasteiger partial charge in [0.1, 0.15) is 12.4 Å². The second-order valence-corrected chi connectivity index (χ2v) is 5.38. The number of carbonyl (C=O) groups excluding carboxylic acids is 1. The fraction of sp³-hybridized carbons (Fsp3) is 0.250. The first-order valence-corrected chi connectivity index (χ1v) is 7.77. The molecule has 0 aliphatic heterocycles. The zero-order valence-corrected chi connectivity index (χ0v) is 14.9. The van der Waals surface area contributed by atoms with Crippen molar-refractivity contribution in [2.75, 3.05) is 21.3 Å². The first-order chi connectivity index (χ1) is 12.1. The van der Waals surface area contributed by atoms with Crippen LogP contribution in [0, 0.1) is 6.92 Å². The Morgan fingerprint density at radius 1 is 0.960 bits per heavy atom. The van der Waals surface area contributed by atoms with Crippen LogP contribution in [0.3, 0.4) is 0 Å². The number of hydrogen-bond acceptors (Lipinski definition) is 5. The number of hydrogen-bond donors (Lipinski definition) is 0. The van der Waals surface area contributed by atoms with Gasteiger partial charge in [-0.3, -0.25) is 0 Å². The normalized spacial score (nSPS) is 10.6. The summed E-state index contributed by atoms with van der Waals surface area (Å²) in [6.07, 6.45) is 2.99. The molecule has 25 heavy (non-hydrogen) atoms. The third kappa shape index (κ3) is 5.01. The van der Waals surface area contributed by atoms with Gasteiger partial charge in [0.25, 0.3) is 0 Å². The highest BCUT2D eigenvalue weighted by Crippen LogP contribution is 2.35. The number of rotatable bonds is 7. The average molecular weight is 342 g/mol. The second-order valence-electron chi connectivity index (χ2n) is 5.38. The van der Waals surface area contributed by atoms with E-state index in [1.54, 1.807) is 39.5 Å². The molecule has 0 spiro atoms. The molecule has 0 bridgehead atoms. The lowest BCUT2D eigenvalue weighted by atomic mass is 10.1. The van der Waals surface area contributed by atoms with Crippen LogP contribution in [0.25, 0.3) is 6.08 Å². The van der Waals surface area contributed by atoms with Crippen molar-refractivity contribution in [3.8, 4) is 17.2 Å². The van der Waals surface area contributed by atoms with Crippen LogP contribution >= 0.6 is 0 Å². The molecule has 0 heterocycles. The van der Waals surface area contributed by atoms with E-state index in [1.807, 2.05) is 31.2 Å². The highest BCUT2D eigenvalue weighted by atomic mass is 16.5. The van der Waals surface area contributed by atoms with Crippen LogP contribution in [0.15, 0.2) is 42.5 Å². The van der Waals surface area contributed by atoms with Crippen LogP contribution in [0.4, 0.5) is 0 Å². The Balaban J connectivity index is 2.08. The summed E-state index contributed by atoms with van der Waals surface area (Å²) in [5, 5.41) is 0. The van der Waals surface area contributed by atoms with Gasteiger partial charge in [-0.15, -0.1) is 0 Å². The van der Waals surface area contributed by atoms with E-state index in [0.717, 1.165) is 11.1 Å². The first-order valence-electron chi connectivity index (χ1n) is 7.77. The lowest BCUT2D eigenvalue weighted by molar-refractivity contribution is -0.138. The van der Waals surface area contributed by atoms with E-state index in [9.17, 15) is 4.79 Å². The van der Waals surface area contributed by atoms with E-state index in [0.29, 0.717) is 22.8 Å². The van der Waals surface area contributed by atoms with Crippen LogP contribution < -0.4 is 14.2 Å². The van der Waals surface area contributed by atoms with E-state index < -0.39 is 5.97 Å². The molecule has 0 saturated heterocycles. The fourth-order valence-electron chi connectivity index (χ4n) is 2.35. The molecule has 0 aliphatic rings. The van der Waals surface area contributed by atoms with E-state index in [1.165, 1.54) is 6.08 Å². The first kappa shape index (κ1) is 18.4. The van der Waals surface area contributed by atoms with Crippen LogP contribution in [0.2, 0.25) is 0 Å². The molecule has 0 radical (unpaired) electrons. The van der Waals surface area contributed by atoms with Crippen molar-refractivity contribution in [3.63, 3.8) is 0 Å². The van der Waals surface area contributed by atoms with Gasteiger partial charge in [-0.2, -0.15) is 0 Å². The molecule has 2 rings (SSSR count). The summed E-state index contributed by atoms with van der Waals surface area (Å²) in [6.45, 7) is 2.22. The molecule has 0 aromatic heterocycles. The van der Waals surface area contributed by atoms with E-state index in [2.05, 4.69) is 0 Å². The second kappa shape index (κ2) is 8.78. The Morgan fingerprint density at radius 2 is 1.64 bits per heavy atom. The minimum atomic E-state index is -0.432. The van der Waals surface area contributed by atoms with Crippen LogP contribution in [-0.2, 0) is 16.1 Å². The molecule has 0 amide bonds. The smallest absolute Gasteiger partial charge is 0.331 e. The molecule has 0 aliphatic carbocycles. The molecular formula is C20H22O5. The van der Waals surface area contributed by atoms with Crippen molar-refractivity contribution < 1.29 is 23.7 Å². The van der Waals surface area contributed by atoms with Gasteiger partial charge in [-0.05, 0) is 24.6 Å². The third-order valence-corrected chi connectivity index (χ3v) is 3.60. The quantitative estimate of drug-likeness (QED) is 0.566. The Labute approximate surface area is 147 Å². The van der Waals surface area contributed by atoms with Crippen LogP contribution in [-0.4, -0.2) is 27.3 Å². The molecule has 0 N–H and O–H groups in total. The maximum absolute atomic E-state index is 11.9. The van der Waals surface area contributed by atoms with Crippen LogP contribution in [0.1, 0.15) is 16.7 Å². The molecule has 5 nitrogen and oxygen atoms in total. The fourth-order valence-corrected chi connectivity index (χ4v) is 2.35. The number of carbonyl (C=O) groups is 1. The summed E-state index contributed by atoms with van der Waals surface area (Å²) in [7, 11) is 4.65. The van der Waals surface area contributed by atoms with Gasteiger partial charge >= 0.3 is 5.97 Å². The zero-order valence-electron chi connectivity index (χ0n) is 14.9. The lowest BCUT2D eigenvalue weighted by Gasteiger charge is -2.12. The summed E-state index contributed by atoms with van der Waals surface area (Å²) in [6, 6.07) is 11.3. The Morgan fingerprint density at radius 3 is 2.28 bits per heavy atom. The Bertz CT molecular complexity index is 765. The van der Waals surface area contributed by atoms with Crippen molar-refractivity contribution >= 4 is 12.0 Å². The molecule has 132 valence electrons. The average Bonchev–Trinajstić information content (AvgIpc) is 2.63. The van der Waals surface area contributed by atoms with Gasteiger partial charge in [-0.25, -0.2) is 4.79 Å². The van der Waals surface area contributed by atoms with Gasteiger partial charge in [0.2, 0.25) is 0 Å². The van der Waals surface area contributed by atoms with Crippen molar-refractivity contribution in [1.29, 1.82) is 0 Å². The molecule has 0 saturated carbocycles. The number of aryl methyl sites for hydroxylation is 1. The van der Waals surface area contributed by atoms with Crippen molar-refractivity contribution in [2.45, 2.75) is 13.5 Å². The summed E-state index contributed by atoms with van der Waals surface area (Å²) < 4.78 is 21.1. The maximum atomic E-state index is 11.9. The number of esters is 1. The minimum absolute atomic E-state index is 0.230. The molecule has 5 heteroatoms. The minimum Gasteiger partial charge on any atom is -0.496 e. The molecular weight excluding hydrogens is 320 g/mol. The molecule has 2 aromatic carbocycles. The summed E-state index contributed by atoms with van der Waals surface area (Å²) >= 11 is 0. The van der Waals surface area contributed by atoms with Gasteiger partial charge < -0.3 is 18.9 Å². The Kier molecular flexibility index (Phi) is 6.46. The van der Waals surface area contributed by atoms with Crippen molar-refractivity contribution in [2.24, 2.45) is 0 Å². The molecule has 0 atom stereocenters. The SMILES string of the molecule is COc1cc(OC)c(OC)cc1/C=C/C(=O)OCc1cccc(C)c1. The predicted octanol–water partition coefficient (Wildman–Crippen LogP) is 3.78. The highest BCUT2D eigenvalue weighted by molar-refractivity contribution is 5.87. The van der Waals surface area contributed by atoms with Gasteiger partial charge in [0, 0.05) is 17.7 Å². The summed E-state index contributed by atoms with van der Waals surface area (Å²) in [5.41, 5.74) is 2.76. The standard InChI is InChI=1S/C20H22O5/c1-14-6-5-7-15(10-14)13-25-20(21)9-8-16-11-18(23-3)19(24-4)12-17(16)22-2/h5-12H,13H2,1-4H3/b9-8+. The highest BCUT2D eigenvalue weighted by Gasteiger charge is 2.10. The topological polar surface area (TPSA) is 54.0 Å². The largest absolute Gasteiger partial charge is 0.496 e. The van der Waals surface area contributed by atoms with E-state index >= 15 is 0 Å². The lowest BCUT2D eigenvalue weighted by Crippen LogP contribution is -2.01. The van der Waals surface area contributed by atoms with E-state index in [4.69, 9.17) is 18.9 Å². The number of ether oxygens (including phenoxy) is 4. The summed E-state index contributed by atoms with van der Waals surface area (Å²) in [5.74, 6) is 1.24. The molecule has 0 fully saturated rings. The monoisotopic (exact) mass is 342 g/mol. The van der Waals surface area contributed by atoms with Crippen molar-refractivity contribution in [1.82, 2.24) is 0 Å². The van der Waals surface area contributed by atoms with Gasteiger partial charge in [0.05, 0.1) is 21.3 Å². The summed E-state index contributed by atoms with van der Waals surface area (Å²) in [4.78, 5) is 11.9. The number of methoxy groups -OCH3 is 3. The third-order valence-electron chi connectivity index (χ3n) is 3.60. The van der Waals surface area contributed by atoms with Gasteiger partial charge in [-0.1, -0.05) is 29.8 Å². The number of benzene rings is 2. The zero-order chi connectivity index (χ0) is 18.2. The van der Waals surface area contributed by atoms with Crippen molar-refractivity contribution in [3.05, 3.63) is 59.2 Å². The Hall–Kier alpha value is -2.95.